The number of halogens is 3. The molecule has 0 spiro atoms. The van der Waals surface area contributed by atoms with E-state index in [2.05, 4.69) is 0 Å². The smallest absolute Gasteiger partial charge is 1.00 e. The Morgan fingerprint density at radius 2 is 0.800 bits per heavy atom. The zero-order valence-electron chi connectivity index (χ0n) is 2.69. The van der Waals surface area contributed by atoms with Gasteiger partial charge in [-0.05, 0) is 0 Å². The van der Waals surface area contributed by atoms with E-state index in [1.54, 1.807) is 0 Å². The molecular formula is H4Cl3KS. The van der Waals surface area contributed by atoms with Gasteiger partial charge in [-0.25, -0.2) is 0 Å². The summed E-state index contributed by atoms with van der Waals surface area (Å²) in [7, 11) is 0. The third-order valence-electron chi connectivity index (χ3n) is 0. The van der Waals surface area contributed by atoms with Gasteiger partial charge in [-0.2, -0.15) is 13.5 Å². The Balaban J connectivity index is 0. The molecule has 0 bridgehead atoms. The molecule has 5 heteroatoms. The van der Waals surface area contributed by atoms with Crippen LogP contribution in [0.1, 0.15) is 0 Å². The van der Waals surface area contributed by atoms with Crippen molar-refractivity contribution in [2.24, 2.45) is 0 Å². The van der Waals surface area contributed by atoms with E-state index in [9.17, 15) is 0 Å². The summed E-state index contributed by atoms with van der Waals surface area (Å²) in [5.41, 5.74) is 0. The van der Waals surface area contributed by atoms with E-state index >= 15 is 0 Å². The van der Waals surface area contributed by atoms with Gasteiger partial charge in [0, 0.05) is 0 Å². The van der Waals surface area contributed by atoms with Gasteiger partial charge in [0.05, 0.1) is 0 Å². The molecule has 0 heterocycles. The van der Waals surface area contributed by atoms with Crippen LogP contribution in [0.15, 0.2) is 0 Å². The Hall–Kier alpha value is 2.86. The first kappa shape index (κ1) is 45.3. The van der Waals surface area contributed by atoms with Crippen molar-refractivity contribution < 1.29 is 63.8 Å². The maximum Gasteiger partial charge on any atom is 1.00 e. The fourth-order valence-corrected chi connectivity index (χ4v) is 0. The molecular weight excluding hydrogens is 178 g/mol. The van der Waals surface area contributed by atoms with Gasteiger partial charge in [0.2, 0.25) is 0 Å². The van der Waals surface area contributed by atoms with Crippen LogP contribution in [-0.2, 0) is 0 Å². The number of rotatable bonds is 0. The summed E-state index contributed by atoms with van der Waals surface area (Å²) in [4.78, 5) is 0. The molecule has 0 aliphatic rings. The Bertz CT molecular complexity index is 6.85. The molecule has 0 fully saturated rings. The first-order chi connectivity index (χ1) is 0. The number of hydrogen-bond acceptors (Lipinski definition) is 0. The van der Waals surface area contributed by atoms with Crippen LogP contribution in [0.3, 0.4) is 0 Å². The van der Waals surface area contributed by atoms with Gasteiger partial charge >= 0.3 is 51.4 Å². The van der Waals surface area contributed by atoms with Crippen molar-refractivity contribution in [3.8, 4) is 0 Å². The molecule has 0 aromatic heterocycles. The summed E-state index contributed by atoms with van der Waals surface area (Å²) < 4.78 is 0. The predicted molar refractivity (Wildman–Crippen MR) is 24.9 cm³/mol. The summed E-state index contributed by atoms with van der Waals surface area (Å²) in [6, 6.07) is 0. The Kier molecular flexibility index (Phi) is 261. The average molecular weight is 182 g/mol. The van der Waals surface area contributed by atoms with Crippen molar-refractivity contribution in [3.63, 3.8) is 0 Å². The van der Waals surface area contributed by atoms with E-state index in [4.69, 9.17) is 0 Å². The maximum atomic E-state index is 0. The first-order valence-corrected chi connectivity index (χ1v) is 0. The van der Waals surface area contributed by atoms with Crippen molar-refractivity contribution in [2.45, 2.75) is 0 Å². The Morgan fingerprint density at radius 1 is 0.800 bits per heavy atom. The Labute approximate surface area is 99.9 Å². The molecule has 0 amide bonds. The van der Waals surface area contributed by atoms with Crippen molar-refractivity contribution in [2.75, 3.05) is 0 Å². The van der Waals surface area contributed by atoms with E-state index in [1.165, 1.54) is 0 Å². The summed E-state index contributed by atoms with van der Waals surface area (Å²) in [5, 5.41) is 0. The van der Waals surface area contributed by atoms with Crippen LogP contribution in [0, 0.1) is 0 Å². The molecule has 0 aliphatic heterocycles. The van der Waals surface area contributed by atoms with Crippen LogP contribution in [0.2, 0.25) is 0 Å². The Morgan fingerprint density at radius 3 is 0.800 bits per heavy atom. The van der Waals surface area contributed by atoms with E-state index in [0.717, 1.165) is 0 Å². The fraction of sp³-hybridized carbons (Fsp3) is 0. The molecule has 0 aliphatic carbocycles. The summed E-state index contributed by atoms with van der Waals surface area (Å²) in [5.74, 6) is 0. The van der Waals surface area contributed by atoms with Crippen LogP contribution in [0.5, 0.6) is 0 Å². The fourth-order valence-electron chi connectivity index (χ4n) is 0. The molecule has 0 saturated heterocycles. The second-order valence-electron chi connectivity index (χ2n) is 0. The van der Waals surface area contributed by atoms with Crippen LogP contribution in [-0.4, -0.2) is 0 Å². The number of hydrogen-bond donors (Lipinski definition) is 0. The van der Waals surface area contributed by atoms with Crippen molar-refractivity contribution >= 4 is 38.3 Å². The van der Waals surface area contributed by atoms with Gasteiger partial charge < -0.3 is 12.4 Å². The van der Waals surface area contributed by atoms with Crippen molar-refractivity contribution in [1.29, 1.82) is 0 Å². The monoisotopic (exact) mass is 180 g/mol. The minimum absolute atomic E-state index is 0. The van der Waals surface area contributed by atoms with Crippen LogP contribution >= 0.6 is 38.3 Å². The topological polar surface area (TPSA) is 0 Å². The minimum Gasteiger partial charge on any atom is -1.00 e. The quantitative estimate of drug-likeness (QED) is 0.328. The van der Waals surface area contributed by atoms with Gasteiger partial charge in [0.25, 0.3) is 0 Å². The molecule has 5 heavy (non-hydrogen) atoms. The van der Waals surface area contributed by atoms with Gasteiger partial charge in [0.1, 0.15) is 0 Å². The molecule has 32 valence electrons. The first-order valence-electron chi connectivity index (χ1n) is 0. The molecule has 0 radical (unpaired) electrons. The summed E-state index contributed by atoms with van der Waals surface area (Å²) in [6.07, 6.45) is 0. The normalized spacial score (nSPS) is 0. The molecule has 0 nitrogen and oxygen atoms in total. The van der Waals surface area contributed by atoms with E-state index < -0.39 is 0 Å². The third kappa shape index (κ3) is 19.8. The second-order valence-corrected chi connectivity index (χ2v) is 0. The van der Waals surface area contributed by atoms with E-state index in [1.807, 2.05) is 0 Å². The summed E-state index contributed by atoms with van der Waals surface area (Å²) >= 11 is 0. The van der Waals surface area contributed by atoms with Crippen LogP contribution < -0.4 is 63.8 Å². The van der Waals surface area contributed by atoms with Gasteiger partial charge in [-0.15, -0.1) is 24.8 Å². The predicted octanol–water partition coefficient (Wildman–Crippen LogP) is -5.04. The standard InChI is InChI=1S/3ClH.K.H2S/h3*1H;;1H2/q;;;+1;/p-1. The molecule has 0 rings (SSSR count). The molecule has 0 aromatic carbocycles. The molecule has 0 saturated carbocycles. The van der Waals surface area contributed by atoms with Gasteiger partial charge in [-0.1, -0.05) is 0 Å². The van der Waals surface area contributed by atoms with Gasteiger partial charge in [-0.3, -0.25) is 0 Å². The van der Waals surface area contributed by atoms with E-state index in [0.29, 0.717) is 0 Å². The molecule has 0 atom stereocenters. The summed E-state index contributed by atoms with van der Waals surface area (Å²) in [6.45, 7) is 0. The van der Waals surface area contributed by atoms with Crippen LogP contribution in [0.4, 0.5) is 0 Å². The second kappa shape index (κ2) is 28.8. The molecule has 0 N–H and O–H groups in total. The zero-order chi connectivity index (χ0) is 0. The molecule has 0 aromatic rings. The van der Waals surface area contributed by atoms with Gasteiger partial charge in [0.15, 0.2) is 0 Å². The largest absolute Gasteiger partial charge is 1.00 e. The molecule has 0 unspecified atom stereocenters. The van der Waals surface area contributed by atoms with Crippen LogP contribution in [0.25, 0.3) is 0 Å². The van der Waals surface area contributed by atoms with Crippen molar-refractivity contribution in [1.82, 2.24) is 0 Å². The minimum atomic E-state index is 0. The third-order valence-corrected chi connectivity index (χ3v) is 0. The zero-order valence-corrected chi connectivity index (χ0v) is 9.21. The van der Waals surface area contributed by atoms with Crippen molar-refractivity contribution in [3.05, 3.63) is 0 Å². The SMILES string of the molecule is Cl.Cl.S.[Cl-].[K+]. The maximum absolute atomic E-state index is 0. The van der Waals surface area contributed by atoms with E-state index in [-0.39, 0.29) is 102 Å². The average Bonchev–Trinajstić information content (AvgIpc) is 0.